The van der Waals surface area contributed by atoms with Crippen molar-refractivity contribution in [1.29, 1.82) is 0 Å². The minimum atomic E-state index is 0.000867. The average molecular weight is 409 g/mol. The molecule has 3 atom stereocenters. The van der Waals surface area contributed by atoms with Gasteiger partial charge in [-0.1, -0.05) is 30.8 Å². The predicted octanol–water partition coefficient (Wildman–Crippen LogP) is 4.67. The van der Waals surface area contributed by atoms with Gasteiger partial charge < -0.3 is 14.5 Å². The normalized spacial score (nSPS) is 26.4. The first-order valence-electron chi connectivity index (χ1n) is 10.6. The summed E-state index contributed by atoms with van der Waals surface area (Å²) in [6.07, 6.45) is 5.75. The molecule has 0 unspecified atom stereocenters. The highest BCUT2D eigenvalue weighted by Gasteiger charge is 2.44. The van der Waals surface area contributed by atoms with Crippen LogP contribution < -0.4 is 9.64 Å². The second kappa shape index (κ2) is 7.90. The number of rotatable bonds is 4. The molecule has 1 aromatic carbocycles. The van der Waals surface area contributed by atoms with Crippen LogP contribution in [0.2, 0.25) is 0 Å². The summed E-state index contributed by atoms with van der Waals surface area (Å²) in [6.45, 7) is 5.55. The number of benzene rings is 1. The van der Waals surface area contributed by atoms with Crippen LogP contribution in [0.4, 0.5) is 5.69 Å². The lowest BCUT2D eigenvalue weighted by Crippen LogP contribution is -2.30. The van der Waals surface area contributed by atoms with Crippen LogP contribution in [-0.4, -0.2) is 47.0 Å². The fourth-order valence-electron chi connectivity index (χ4n) is 4.75. The van der Waals surface area contributed by atoms with E-state index >= 15 is 0 Å². The zero-order valence-electron chi connectivity index (χ0n) is 17.1. The number of hydrogen-bond donors (Lipinski definition) is 0. The van der Waals surface area contributed by atoms with Crippen LogP contribution in [0, 0.1) is 0 Å². The molecular formula is C23H28N4OS. The number of aliphatic imine (C=N–C) groups is 1. The molecule has 29 heavy (non-hydrogen) atoms. The summed E-state index contributed by atoms with van der Waals surface area (Å²) in [7, 11) is 1.78. The SMILES string of the molecule is COc1cc(N2CCCCC2)ccc1[C@@H]1[C@@H](c2ccccn2)N=C2S[C@H](C)CN21. The van der Waals surface area contributed by atoms with E-state index < -0.39 is 0 Å². The van der Waals surface area contributed by atoms with Gasteiger partial charge in [-0.05, 0) is 37.5 Å². The lowest BCUT2D eigenvalue weighted by atomic mass is 9.95. The van der Waals surface area contributed by atoms with Crippen molar-refractivity contribution in [3.8, 4) is 5.75 Å². The van der Waals surface area contributed by atoms with Gasteiger partial charge in [0, 0.05) is 48.4 Å². The highest BCUT2D eigenvalue weighted by atomic mass is 32.2. The second-order valence-electron chi connectivity index (χ2n) is 8.11. The molecule has 0 aliphatic carbocycles. The molecule has 4 heterocycles. The third-order valence-corrected chi connectivity index (χ3v) is 7.24. The summed E-state index contributed by atoms with van der Waals surface area (Å²) < 4.78 is 5.92. The highest BCUT2D eigenvalue weighted by molar-refractivity contribution is 8.14. The van der Waals surface area contributed by atoms with Gasteiger partial charge in [-0.25, -0.2) is 0 Å². The van der Waals surface area contributed by atoms with Crippen LogP contribution in [0.3, 0.4) is 0 Å². The maximum absolute atomic E-state index is 5.92. The molecule has 152 valence electrons. The summed E-state index contributed by atoms with van der Waals surface area (Å²) in [5.74, 6) is 0.958. The lowest BCUT2D eigenvalue weighted by molar-refractivity contribution is 0.307. The minimum Gasteiger partial charge on any atom is -0.496 e. The number of aromatic nitrogens is 1. The van der Waals surface area contributed by atoms with Crippen LogP contribution in [0.1, 0.15) is 49.5 Å². The zero-order valence-corrected chi connectivity index (χ0v) is 17.9. The number of ether oxygens (including phenoxy) is 1. The van der Waals surface area contributed by atoms with E-state index in [2.05, 4.69) is 52.0 Å². The fraction of sp³-hybridized carbons (Fsp3) is 0.478. The van der Waals surface area contributed by atoms with E-state index in [0.29, 0.717) is 5.25 Å². The summed E-state index contributed by atoms with van der Waals surface area (Å²) in [5.41, 5.74) is 3.50. The lowest BCUT2D eigenvalue weighted by Gasteiger charge is -2.31. The van der Waals surface area contributed by atoms with E-state index in [1.807, 2.05) is 24.0 Å². The van der Waals surface area contributed by atoms with E-state index in [0.717, 1.165) is 36.2 Å². The van der Waals surface area contributed by atoms with Crippen LogP contribution in [0.15, 0.2) is 47.6 Å². The molecule has 5 nitrogen and oxygen atoms in total. The number of hydrogen-bond acceptors (Lipinski definition) is 6. The van der Waals surface area contributed by atoms with Crippen molar-refractivity contribution in [2.24, 2.45) is 4.99 Å². The minimum absolute atomic E-state index is 0.000867. The van der Waals surface area contributed by atoms with Crippen molar-refractivity contribution in [2.45, 2.75) is 43.5 Å². The third kappa shape index (κ3) is 3.48. The van der Waals surface area contributed by atoms with Crippen molar-refractivity contribution in [3.63, 3.8) is 0 Å². The molecule has 2 fully saturated rings. The summed E-state index contributed by atoms with van der Waals surface area (Å²) >= 11 is 1.87. The Labute approximate surface area is 177 Å². The number of methoxy groups -OCH3 is 1. The molecule has 0 N–H and O–H groups in total. The van der Waals surface area contributed by atoms with Gasteiger partial charge in [-0.15, -0.1) is 0 Å². The largest absolute Gasteiger partial charge is 0.496 e. The molecule has 0 radical (unpaired) electrons. The summed E-state index contributed by atoms with van der Waals surface area (Å²) in [4.78, 5) is 14.7. The molecule has 2 aromatic rings. The first-order valence-corrected chi connectivity index (χ1v) is 11.5. The Balaban J connectivity index is 1.53. The standard InChI is InChI=1S/C23H28N4OS/c1-16-15-27-22(21(25-23(27)29-16)19-8-4-5-11-24-19)18-10-9-17(14-20(18)28-2)26-12-6-3-7-13-26/h4-5,8-11,14,16,21-22H,3,6-7,12-13,15H2,1-2H3/t16-,21-,22-/m1/s1. The molecule has 3 aliphatic heterocycles. The van der Waals surface area contributed by atoms with Crippen LogP contribution in [0.25, 0.3) is 0 Å². The second-order valence-corrected chi connectivity index (χ2v) is 9.52. The van der Waals surface area contributed by atoms with Crippen molar-refractivity contribution in [2.75, 3.05) is 31.6 Å². The van der Waals surface area contributed by atoms with E-state index in [9.17, 15) is 0 Å². The van der Waals surface area contributed by atoms with Gasteiger partial charge in [0.1, 0.15) is 11.8 Å². The van der Waals surface area contributed by atoms with Gasteiger partial charge in [0.25, 0.3) is 0 Å². The van der Waals surface area contributed by atoms with Gasteiger partial charge in [0.15, 0.2) is 5.17 Å². The first kappa shape index (κ1) is 18.8. The maximum atomic E-state index is 5.92. The van der Waals surface area contributed by atoms with Crippen molar-refractivity contribution >= 4 is 22.6 Å². The van der Waals surface area contributed by atoms with Gasteiger partial charge in [0.05, 0.1) is 18.8 Å². The summed E-state index contributed by atoms with van der Waals surface area (Å²) in [5, 5.41) is 1.69. The van der Waals surface area contributed by atoms with E-state index in [-0.39, 0.29) is 12.1 Å². The smallest absolute Gasteiger partial charge is 0.160 e. The average Bonchev–Trinajstić information content (AvgIpc) is 3.30. The topological polar surface area (TPSA) is 41.0 Å². The predicted molar refractivity (Wildman–Crippen MR) is 120 cm³/mol. The molecule has 1 aromatic heterocycles. The van der Waals surface area contributed by atoms with Crippen molar-refractivity contribution < 1.29 is 4.74 Å². The number of anilines is 1. The molecule has 0 amide bonds. The van der Waals surface area contributed by atoms with Gasteiger partial charge in [-0.2, -0.15) is 0 Å². The van der Waals surface area contributed by atoms with E-state index in [1.54, 1.807) is 7.11 Å². The molecular weight excluding hydrogens is 380 g/mol. The van der Waals surface area contributed by atoms with Gasteiger partial charge >= 0.3 is 0 Å². The Hall–Kier alpha value is -2.21. The molecule has 3 aliphatic rings. The first-order chi connectivity index (χ1) is 14.2. The van der Waals surface area contributed by atoms with Crippen molar-refractivity contribution in [3.05, 3.63) is 53.9 Å². The Morgan fingerprint density at radius 2 is 1.97 bits per heavy atom. The Kier molecular flexibility index (Phi) is 5.12. The number of thioether (sulfide) groups is 1. The Bertz CT molecular complexity index is 897. The van der Waals surface area contributed by atoms with E-state index in [4.69, 9.17) is 9.73 Å². The quantitative estimate of drug-likeness (QED) is 0.735. The van der Waals surface area contributed by atoms with Gasteiger partial charge in [0.2, 0.25) is 0 Å². The monoisotopic (exact) mass is 408 g/mol. The van der Waals surface area contributed by atoms with Crippen LogP contribution in [-0.2, 0) is 0 Å². The number of nitrogens with zero attached hydrogens (tertiary/aromatic N) is 4. The number of pyridine rings is 1. The summed E-state index contributed by atoms with van der Waals surface area (Å²) in [6, 6.07) is 13.0. The molecule has 6 heteroatoms. The highest BCUT2D eigenvalue weighted by Crippen LogP contribution is 2.50. The maximum Gasteiger partial charge on any atom is 0.160 e. The van der Waals surface area contributed by atoms with Crippen LogP contribution >= 0.6 is 11.8 Å². The molecule has 0 saturated carbocycles. The van der Waals surface area contributed by atoms with Gasteiger partial charge in [-0.3, -0.25) is 9.98 Å². The number of fused-ring (bicyclic) bond motifs is 1. The molecule has 2 saturated heterocycles. The Morgan fingerprint density at radius 1 is 1.10 bits per heavy atom. The molecule has 0 spiro atoms. The fourth-order valence-corrected chi connectivity index (χ4v) is 5.84. The number of piperidine rings is 1. The van der Waals surface area contributed by atoms with Crippen LogP contribution in [0.5, 0.6) is 5.75 Å². The zero-order chi connectivity index (χ0) is 19.8. The number of amidine groups is 1. The Morgan fingerprint density at radius 3 is 2.72 bits per heavy atom. The molecule has 0 bridgehead atoms. The molecule has 5 rings (SSSR count). The third-order valence-electron chi connectivity index (χ3n) is 6.14. The van der Waals surface area contributed by atoms with E-state index in [1.165, 1.54) is 30.5 Å². The van der Waals surface area contributed by atoms with Crippen molar-refractivity contribution in [1.82, 2.24) is 9.88 Å².